The Labute approximate surface area is 186 Å². The molecular formula is C20H46N5O2PS. The van der Waals surface area contributed by atoms with E-state index in [9.17, 15) is 9.69 Å². The predicted octanol–water partition coefficient (Wildman–Crippen LogP) is 3.03. The fourth-order valence-corrected chi connectivity index (χ4v) is 3.66. The number of amides is 1. The smallest absolute Gasteiger partial charge is 0.276 e. The van der Waals surface area contributed by atoms with Crippen LogP contribution < -0.4 is 16.8 Å². The summed E-state index contributed by atoms with van der Waals surface area (Å²) in [5, 5.41) is 2.51. The molecular weight excluding hydrogens is 405 g/mol. The van der Waals surface area contributed by atoms with Crippen molar-refractivity contribution in [2.24, 2.45) is 11.5 Å². The molecule has 0 aromatic carbocycles. The zero-order valence-corrected chi connectivity index (χ0v) is 21.5. The minimum absolute atomic E-state index is 0.0353. The van der Waals surface area contributed by atoms with E-state index < -0.39 is 14.2 Å². The number of hydrogen-bond acceptors (Lipinski definition) is 6. The van der Waals surface area contributed by atoms with Gasteiger partial charge in [-0.05, 0) is 66.5 Å². The van der Waals surface area contributed by atoms with Gasteiger partial charge in [0.2, 0.25) is 0 Å². The van der Waals surface area contributed by atoms with Gasteiger partial charge in [0.05, 0.1) is 0 Å². The van der Waals surface area contributed by atoms with E-state index in [0.717, 1.165) is 38.8 Å². The van der Waals surface area contributed by atoms with Crippen LogP contribution in [0.25, 0.3) is 0 Å². The molecule has 0 radical (unpaired) electrons. The van der Waals surface area contributed by atoms with E-state index in [1.54, 1.807) is 19.2 Å². The van der Waals surface area contributed by atoms with E-state index in [-0.39, 0.29) is 4.99 Å². The van der Waals surface area contributed by atoms with Gasteiger partial charge in [0.1, 0.15) is 8.30 Å². The summed E-state index contributed by atoms with van der Waals surface area (Å²) in [6, 6.07) is 0.381. The van der Waals surface area contributed by atoms with Crippen molar-refractivity contribution in [2.75, 3.05) is 34.2 Å². The Morgan fingerprint density at radius 2 is 1.62 bits per heavy atom. The molecule has 1 rings (SSSR count). The minimum atomic E-state index is -0.901. The Kier molecular flexibility index (Phi) is 25.1. The molecule has 1 aliphatic rings. The maximum Gasteiger partial charge on any atom is 0.276 e. The van der Waals surface area contributed by atoms with E-state index in [1.165, 1.54) is 0 Å². The Hall–Kier alpha value is -0.630. The summed E-state index contributed by atoms with van der Waals surface area (Å²) in [6.45, 7) is 12.1. The van der Waals surface area contributed by atoms with Gasteiger partial charge in [0.25, 0.3) is 5.91 Å². The second-order valence-electron chi connectivity index (χ2n) is 6.60. The summed E-state index contributed by atoms with van der Waals surface area (Å²) < 4.78 is 2.07. The fraction of sp³-hybridized carbons (Fsp3) is 0.800. The van der Waals surface area contributed by atoms with Crippen LogP contribution in [0.1, 0.15) is 60.3 Å². The molecule has 9 heteroatoms. The number of primary amides is 1. The molecule has 0 heterocycles. The Morgan fingerprint density at radius 3 is 1.93 bits per heavy atom. The molecule has 0 aromatic rings. The lowest BCUT2D eigenvalue weighted by Gasteiger charge is -2.33. The minimum Gasteiger partial charge on any atom is -0.364 e. The largest absolute Gasteiger partial charge is 0.364 e. The van der Waals surface area contributed by atoms with Gasteiger partial charge in [0.15, 0.2) is 4.99 Å². The molecule has 0 spiro atoms. The van der Waals surface area contributed by atoms with E-state index in [0.29, 0.717) is 11.7 Å². The van der Waals surface area contributed by atoms with Gasteiger partial charge in [-0.25, -0.2) is 0 Å². The van der Waals surface area contributed by atoms with Gasteiger partial charge >= 0.3 is 0 Å². The third-order valence-corrected chi connectivity index (χ3v) is 6.58. The first-order valence-electron chi connectivity index (χ1n) is 10.4. The van der Waals surface area contributed by atoms with Crippen molar-refractivity contribution in [1.29, 1.82) is 0 Å². The maximum absolute atomic E-state index is 10.2. The van der Waals surface area contributed by atoms with Crippen LogP contribution in [0.4, 0.5) is 0 Å². The van der Waals surface area contributed by atoms with Gasteiger partial charge in [-0.2, -0.15) is 0 Å². The van der Waals surface area contributed by atoms with Crippen molar-refractivity contribution in [1.82, 2.24) is 14.9 Å². The zero-order chi connectivity index (χ0) is 23.4. The molecule has 1 atom stereocenters. The summed E-state index contributed by atoms with van der Waals surface area (Å²) in [6.07, 6.45) is 7.65. The molecule has 6 N–H and O–H groups in total. The molecule has 7 nitrogen and oxygen atoms in total. The molecule has 1 amide bonds. The fourth-order valence-electron chi connectivity index (χ4n) is 1.99. The second kappa shape index (κ2) is 22.1. The van der Waals surface area contributed by atoms with Crippen LogP contribution in [0, 0.1) is 0 Å². The summed E-state index contributed by atoms with van der Waals surface area (Å²) in [5.41, 5.74) is 11.1. The number of thiocarbonyl (C=S) groups is 1. The van der Waals surface area contributed by atoms with Crippen LogP contribution in [-0.4, -0.2) is 71.3 Å². The van der Waals surface area contributed by atoms with Crippen LogP contribution in [0.5, 0.6) is 0 Å². The van der Waals surface area contributed by atoms with E-state index in [4.69, 9.17) is 11.5 Å². The normalized spacial score (nSPS) is 19.2. The summed E-state index contributed by atoms with van der Waals surface area (Å²) in [5.74, 6) is -0.608. The number of hydrogen-bond donors (Lipinski definition) is 4. The lowest BCUT2D eigenvalue weighted by molar-refractivity contribution is -0.111. The molecule has 0 aromatic heterocycles. The highest BCUT2D eigenvalue weighted by Gasteiger charge is 2.27. The SMILES string of the molecule is C/C=C/NC(=S)C(N)=O.CC.CCN(C)C.CCN(C)P(O)C1CCC(N)CC1. The molecule has 0 bridgehead atoms. The van der Waals surface area contributed by atoms with Crippen molar-refractivity contribution in [2.45, 2.75) is 72.0 Å². The van der Waals surface area contributed by atoms with Crippen LogP contribution in [-0.2, 0) is 4.79 Å². The van der Waals surface area contributed by atoms with Gasteiger partial charge in [0, 0.05) is 18.2 Å². The Bertz CT molecular complexity index is 431. The lowest BCUT2D eigenvalue weighted by Crippen LogP contribution is -2.30. The molecule has 1 saturated carbocycles. The van der Waals surface area contributed by atoms with Gasteiger partial charge < -0.3 is 26.6 Å². The molecule has 1 aliphatic carbocycles. The summed E-state index contributed by atoms with van der Waals surface area (Å²) >= 11 is 4.51. The average Bonchev–Trinajstić information content (AvgIpc) is 2.73. The lowest BCUT2D eigenvalue weighted by atomic mass is 9.96. The first-order valence-corrected chi connectivity index (χ1v) is 12.1. The first kappa shape index (κ1) is 33.0. The highest BCUT2D eigenvalue weighted by Crippen LogP contribution is 2.45. The highest BCUT2D eigenvalue weighted by atomic mass is 32.1. The number of carbonyl (C=O) groups is 1. The second-order valence-corrected chi connectivity index (χ2v) is 9.06. The monoisotopic (exact) mass is 451 g/mol. The molecule has 1 unspecified atom stereocenters. The van der Waals surface area contributed by atoms with E-state index in [1.807, 2.05) is 20.9 Å². The van der Waals surface area contributed by atoms with Crippen LogP contribution >= 0.6 is 20.5 Å². The third-order valence-electron chi connectivity index (χ3n) is 4.11. The number of nitrogens with two attached hydrogens (primary N) is 2. The van der Waals surface area contributed by atoms with Crippen molar-refractivity contribution in [3.8, 4) is 0 Å². The van der Waals surface area contributed by atoms with Crippen LogP contribution in [0.2, 0.25) is 0 Å². The molecule has 29 heavy (non-hydrogen) atoms. The van der Waals surface area contributed by atoms with E-state index >= 15 is 0 Å². The number of carbonyl (C=O) groups excluding carboxylic acids is 1. The van der Waals surface area contributed by atoms with Crippen LogP contribution in [0.15, 0.2) is 12.3 Å². The van der Waals surface area contributed by atoms with Crippen LogP contribution in [0.3, 0.4) is 0 Å². The molecule has 174 valence electrons. The first-order chi connectivity index (χ1) is 13.6. The summed E-state index contributed by atoms with van der Waals surface area (Å²) in [7, 11) is 5.21. The Balaban J connectivity index is -0.000000368. The zero-order valence-electron chi connectivity index (χ0n) is 19.8. The predicted molar refractivity (Wildman–Crippen MR) is 133 cm³/mol. The van der Waals surface area contributed by atoms with Gasteiger partial charge in [-0.15, -0.1) is 0 Å². The standard InChI is InChI=1S/C9H21N2OP.C5H8N2OS.C4H11N.C2H6/c1-3-11(2)13(12)9-6-4-8(10)5-7-9;1-2-3-7-5(9)4(6)8;1-4-5(2)3;1-2/h8-9,12H,3-7,10H2,1-2H3;2-3H,1H3,(H2,6,8)(H,7,9);4H2,1-3H3;1-2H3/b;3-2+;;. The summed E-state index contributed by atoms with van der Waals surface area (Å²) in [4.78, 5) is 22.3. The maximum atomic E-state index is 10.2. The number of nitrogens with zero attached hydrogens (tertiary/aromatic N) is 2. The van der Waals surface area contributed by atoms with Crippen molar-refractivity contribution >= 4 is 31.4 Å². The van der Waals surface area contributed by atoms with Gasteiger partial charge in [-0.1, -0.05) is 46.0 Å². The van der Waals surface area contributed by atoms with Crippen molar-refractivity contribution in [3.63, 3.8) is 0 Å². The molecule has 0 saturated heterocycles. The average molecular weight is 452 g/mol. The molecule has 1 fully saturated rings. The number of nitrogens with one attached hydrogen (secondary N) is 1. The van der Waals surface area contributed by atoms with Crippen molar-refractivity contribution < 1.29 is 9.69 Å². The third kappa shape index (κ3) is 20.4. The van der Waals surface area contributed by atoms with Gasteiger partial charge in [-0.3, -0.25) is 9.46 Å². The van der Waals surface area contributed by atoms with Crippen molar-refractivity contribution in [3.05, 3.63) is 12.3 Å². The van der Waals surface area contributed by atoms with E-state index in [2.05, 4.69) is 55.0 Å². The Morgan fingerprint density at radius 1 is 1.17 bits per heavy atom. The number of allylic oxidation sites excluding steroid dienone is 1. The topological polar surface area (TPSA) is 108 Å². The quantitative estimate of drug-likeness (QED) is 0.376. The highest BCUT2D eigenvalue weighted by molar-refractivity contribution is 7.82. The number of rotatable bonds is 5. The molecule has 0 aliphatic heterocycles.